The average molecular weight is 232 g/mol. The fourth-order valence-electron chi connectivity index (χ4n) is 1.17. The normalized spacial score (nSPS) is 10.6. The third-order valence-electron chi connectivity index (χ3n) is 1.94. The predicted octanol–water partition coefficient (Wildman–Crippen LogP) is 3.18. The van der Waals surface area contributed by atoms with Gasteiger partial charge in [-0.05, 0) is 24.3 Å². The van der Waals surface area contributed by atoms with Crippen LogP contribution in [-0.2, 0) is 0 Å². The summed E-state index contributed by atoms with van der Waals surface area (Å²) in [7, 11) is 0. The summed E-state index contributed by atoms with van der Waals surface area (Å²) in [5.41, 5.74) is 4.43. The summed E-state index contributed by atoms with van der Waals surface area (Å²) in [4.78, 5) is 4.11. The molecule has 3 nitrogen and oxygen atoms in total. The van der Waals surface area contributed by atoms with E-state index in [1.807, 2.05) is 36.4 Å². The summed E-state index contributed by atoms with van der Waals surface area (Å²) in [6.07, 6.45) is 3.36. The van der Waals surface area contributed by atoms with Crippen LogP contribution in [0.4, 0.5) is 5.69 Å². The van der Waals surface area contributed by atoms with Crippen molar-refractivity contribution in [2.45, 2.75) is 0 Å². The third-order valence-corrected chi connectivity index (χ3v) is 2.27. The van der Waals surface area contributed by atoms with Crippen molar-refractivity contribution in [3.8, 4) is 0 Å². The maximum Gasteiger partial charge on any atom is 0.0830 e. The molecule has 0 fully saturated rings. The number of hydrogen-bond acceptors (Lipinski definition) is 3. The molecule has 0 aliphatic rings. The topological polar surface area (TPSA) is 37.3 Å². The molecule has 1 aromatic heterocycles. The molecule has 2 rings (SSSR count). The highest BCUT2D eigenvalue weighted by molar-refractivity contribution is 6.33. The number of aromatic nitrogens is 1. The van der Waals surface area contributed by atoms with Crippen molar-refractivity contribution in [2.24, 2.45) is 5.10 Å². The van der Waals surface area contributed by atoms with Gasteiger partial charge in [0.25, 0.3) is 0 Å². The van der Waals surface area contributed by atoms with E-state index in [-0.39, 0.29) is 0 Å². The maximum atomic E-state index is 5.95. The number of para-hydroxylation sites is 1. The molecule has 80 valence electrons. The first-order valence-corrected chi connectivity index (χ1v) is 5.19. The van der Waals surface area contributed by atoms with Crippen molar-refractivity contribution < 1.29 is 0 Å². The van der Waals surface area contributed by atoms with Crippen molar-refractivity contribution in [3.63, 3.8) is 0 Å². The van der Waals surface area contributed by atoms with E-state index < -0.39 is 0 Å². The summed E-state index contributed by atoms with van der Waals surface area (Å²) < 4.78 is 0. The van der Waals surface area contributed by atoms with Crippen molar-refractivity contribution >= 4 is 23.5 Å². The Labute approximate surface area is 98.8 Å². The van der Waals surface area contributed by atoms with E-state index >= 15 is 0 Å². The molecule has 2 aromatic rings. The molecule has 4 heteroatoms. The van der Waals surface area contributed by atoms with Gasteiger partial charge < -0.3 is 0 Å². The molecule has 0 amide bonds. The van der Waals surface area contributed by atoms with Gasteiger partial charge in [0.05, 0.1) is 22.6 Å². The molecule has 0 atom stereocenters. The van der Waals surface area contributed by atoms with Crippen LogP contribution in [0.25, 0.3) is 0 Å². The fraction of sp³-hybridized carbons (Fsp3) is 0. The highest BCUT2D eigenvalue weighted by Crippen LogP contribution is 2.19. The Morgan fingerprint density at radius 1 is 1.12 bits per heavy atom. The SMILES string of the molecule is Clc1ccccc1N/N=C\c1ccccn1. The molecule has 0 aliphatic heterocycles. The monoisotopic (exact) mass is 231 g/mol. The molecule has 0 bridgehead atoms. The number of pyridine rings is 1. The summed E-state index contributed by atoms with van der Waals surface area (Å²) in [6.45, 7) is 0. The lowest BCUT2D eigenvalue weighted by molar-refractivity contribution is 1.28. The minimum atomic E-state index is 0.640. The first-order valence-electron chi connectivity index (χ1n) is 4.81. The largest absolute Gasteiger partial charge is 0.277 e. The Morgan fingerprint density at radius 3 is 2.69 bits per heavy atom. The van der Waals surface area contributed by atoms with E-state index in [4.69, 9.17) is 11.6 Å². The smallest absolute Gasteiger partial charge is 0.0830 e. The zero-order valence-electron chi connectivity index (χ0n) is 8.47. The van der Waals surface area contributed by atoms with E-state index in [9.17, 15) is 0 Å². The van der Waals surface area contributed by atoms with Gasteiger partial charge in [0.15, 0.2) is 0 Å². The second-order valence-corrected chi connectivity index (χ2v) is 3.51. The van der Waals surface area contributed by atoms with Gasteiger partial charge in [-0.3, -0.25) is 10.4 Å². The first kappa shape index (κ1) is 10.6. The summed E-state index contributed by atoms with van der Waals surface area (Å²) in [5.74, 6) is 0. The average Bonchev–Trinajstić information content (AvgIpc) is 2.33. The number of anilines is 1. The second-order valence-electron chi connectivity index (χ2n) is 3.10. The van der Waals surface area contributed by atoms with Crippen LogP contribution in [-0.4, -0.2) is 11.2 Å². The maximum absolute atomic E-state index is 5.95. The van der Waals surface area contributed by atoms with E-state index in [1.54, 1.807) is 18.5 Å². The second kappa shape index (κ2) is 5.28. The van der Waals surface area contributed by atoms with Crippen molar-refractivity contribution in [2.75, 3.05) is 5.43 Å². The van der Waals surface area contributed by atoms with E-state index in [1.165, 1.54) is 0 Å². The lowest BCUT2D eigenvalue weighted by atomic mass is 10.3. The van der Waals surface area contributed by atoms with E-state index in [2.05, 4.69) is 15.5 Å². The molecule has 1 N–H and O–H groups in total. The lowest BCUT2D eigenvalue weighted by Gasteiger charge is -2.01. The lowest BCUT2D eigenvalue weighted by Crippen LogP contribution is -1.92. The zero-order valence-corrected chi connectivity index (χ0v) is 9.22. The minimum Gasteiger partial charge on any atom is -0.277 e. The molecule has 0 unspecified atom stereocenters. The molecule has 0 aliphatic carbocycles. The zero-order chi connectivity index (χ0) is 11.2. The quantitative estimate of drug-likeness (QED) is 0.651. The van der Waals surface area contributed by atoms with Crippen LogP contribution in [0.3, 0.4) is 0 Å². The van der Waals surface area contributed by atoms with Gasteiger partial charge in [-0.25, -0.2) is 0 Å². The Kier molecular flexibility index (Phi) is 3.51. The van der Waals surface area contributed by atoms with Crippen LogP contribution < -0.4 is 5.43 Å². The van der Waals surface area contributed by atoms with Crippen LogP contribution >= 0.6 is 11.6 Å². The van der Waals surface area contributed by atoms with Gasteiger partial charge in [0.2, 0.25) is 0 Å². The first-order chi connectivity index (χ1) is 7.86. The van der Waals surface area contributed by atoms with Crippen molar-refractivity contribution in [3.05, 3.63) is 59.4 Å². The summed E-state index contributed by atoms with van der Waals surface area (Å²) in [5, 5.41) is 4.69. The number of nitrogens with one attached hydrogen (secondary N) is 1. The highest BCUT2D eigenvalue weighted by atomic mass is 35.5. The van der Waals surface area contributed by atoms with Crippen LogP contribution in [0.1, 0.15) is 5.69 Å². The van der Waals surface area contributed by atoms with Crippen LogP contribution in [0, 0.1) is 0 Å². The molecule has 1 heterocycles. The molecule has 0 saturated carbocycles. The fourth-order valence-corrected chi connectivity index (χ4v) is 1.35. The van der Waals surface area contributed by atoms with Gasteiger partial charge >= 0.3 is 0 Å². The number of halogens is 1. The number of rotatable bonds is 3. The van der Waals surface area contributed by atoms with Crippen LogP contribution in [0.5, 0.6) is 0 Å². The summed E-state index contributed by atoms with van der Waals surface area (Å²) in [6, 6.07) is 13.1. The van der Waals surface area contributed by atoms with Crippen molar-refractivity contribution in [1.29, 1.82) is 0 Å². The molecular formula is C12H10ClN3. The predicted molar refractivity (Wildman–Crippen MR) is 66.9 cm³/mol. The van der Waals surface area contributed by atoms with E-state index in [0.29, 0.717) is 5.02 Å². The van der Waals surface area contributed by atoms with Gasteiger partial charge in [0.1, 0.15) is 0 Å². The van der Waals surface area contributed by atoms with Gasteiger partial charge in [-0.15, -0.1) is 0 Å². The molecular weight excluding hydrogens is 222 g/mol. The molecule has 1 aromatic carbocycles. The van der Waals surface area contributed by atoms with Crippen LogP contribution in [0.15, 0.2) is 53.8 Å². The standard InChI is InChI=1S/C12H10ClN3/c13-11-6-1-2-7-12(11)16-15-9-10-5-3-4-8-14-10/h1-9,16H/b15-9-. The Balaban J connectivity index is 2.03. The van der Waals surface area contributed by atoms with Gasteiger partial charge in [-0.1, -0.05) is 29.8 Å². The van der Waals surface area contributed by atoms with Gasteiger partial charge in [0, 0.05) is 6.20 Å². The minimum absolute atomic E-state index is 0.640. The number of nitrogens with zero attached hydrogens (tertiary/aromatic N) is 2. The molecule has 16 heavy (non-hydrogen) atoms. The van der Waals surface area contributed by atoms with Crippen LogP contribution in [0.2, 0.25) is 5.02 Å². The number of benzene rings is 1. The van der Waals surface area contributed by atoms with Gasteiger partial charge in [-0.2, -0.15) is 5.10 Å². The number of hydrazone groups is 1. The highest BCUT2D eigenvalue weighted by Gasteiger charge is 1.94. The Morgan fingerprint density at radius 2 is 1.94 bits per heavy atom. The molecule has 0 spiro atoms. The Hall–Kier alpha value is -1.87. The van der Waals surface area contributed by atoms with E-state index in [0.717, 1.165) is 11.4 Å². The molecule has 0 saturated heterocycles. The van der Waals surface area contributed by atoms with Crippen molar-refractivity contribution in [1.82, 2.24) is 4.98 Å². The molecule has 0 radical (unpaired) electrons. The Bertz CT molecular complexity index is 483. The number of hydrogen-bond donors (Lipinski definition) is 1. The summed E-state index contributed by atoms with van der Waals surface area (Å²) >= 11 is 5.95. The third kappa shape index (κ3) is 2.81.